The molecule has 0 aliphatic heterocycles. The monoisotopic (exact) mass is 183 g/mol. The van der Waals surface area contributed by atoms with Crippen molar-refractivity contribution in [3.8, 4) is 17.2 Å². The number of aromatic hydroxyl groups is 3. The Bertz CT molecular complexity index is 287. The van der Waals surface area contributed by atoms with E-state index >= 15 is 0 Å². The van der Waals surface area contributed by atoms with Crippen LogP contribution in [0.25, 0.3) is 0 Å². The van der Waals surface area contributed by atoms with Gasteiger partial charge in [0.1, 0.15) is 0 Å². The van der Waals surface area contributed by atoms with Crippen molar-refractivity contribution >= 4 is 0 Å². The first-order chi connectivity index (χ1) is 6.00. The Morgan fingerprint density at radius 1 is 1.23 bits per heavy atom. The molecule has 4 heteroatoms. The van der Waals surface area contributed by atoms with Crippen LogP contribution in [0.15, 0.2) is 12.1 Å². The number of hydrogen-bond donors (Lipinski definition) is 4. The molecule has 0 fully saturated rings. The van der Waals surface area contributed by atoms with Crippen molar-refractivity contribution in [1.82, 2.24) is 0 Å². The third kappa shape index (κ3) is 2.26. The van der Waals surface area contributed by atoms with Gasteiger partial charge in [-0.2, -0.15) is 0 Å². The Balaban J connectivity index is 2.99. The second-order valence-electron chi connectivity index (χ2n) is 3.16. The van der Waals surface area contributed by atoms with E-state index in [0.29, 0.717) is 12.0 Å². The first kappa shape index (κ1) is 9.67. The largest absolute Gasteiger partial charge is 0.504 e. The highest BCUT2D eigenvalue weighted by Gasteiger charge is 2.08. The summed E-state index contributed by atoms with van der Waals surface area (Å²) in [6, 6.07) is 2.72. The minimum Gasteiger partial charge on any atom is -0.504 e. The molecule has 0 aliphatic rings. The molecule has 4 nitrogen and oxygen atoms in total. The van der Waals surface area contributed by atoms with Crippen molar-refractivity contribution in [2.45, 2.75) is 19.4 Å². The summed E-state index contributed by atoms with van der Waals surface area (Å²) in [5.74, 6) is -1.14. The highest BCUT2D eigenvalue weighted by Crippen LogP contribution is 2.35. The van der Waals surface area contributed by atoms with Crippen LogP contribution in [0.5, 0.6) is 17.2 Å². The van der Waals surface area contributed by atoms with Crippen molar-refractivity contribution in [3.05, 3.63) is 17.7 Å². The van der Waals surface area contributed by atoms with Gasteiger partial charge < -0.3 is 21.1 Å². The summed E-state index contributed by atoms with van der Waals surface area (Å²) in [6.07, 6.45) is 0.543. The van der Waals surface area contributed by atoms with Crippen LogP contribution in [-0.4, -0.2) is 21.4 Å². The quantitative estimate of drug-likeness (QED) is 0.508. The van der Waals surface area contributed by atoms with Crippen LogP contribution in [0.3, 0.4) is 0 Å². The lowest BCUT2D eigenvalue weighted by molar-refractivity contribution is 0.367. The fourth-order valence-corrected chi connectivity index (χ4v) is 1.15. The molecule has 0 aliphatic carbocycles. The molecule has 1 atom stereocenters. The van der Waals surface area contributed by atoms with Gasteiger partial charge in [0.05, 0.1) is 0 Å². The summed E-state index contributed by atoms with van der Waals surface area (Å²) in [6.45, 7) is 1.82. The second kappa shape index (κ2) is 3.53. The van der Waals surface area contributed by atoms with Crippen molar-refractivity contribution in [1.29, 1.82) is 0 Å². The molecule has 0 heterocycles. The van der Waals surface area contributed by atoms with E-state index in [4.69, 9.17) is 21.1 Å². The van der Waals surface area contributed by atoms with Gasteiger partial charge in [-0.3, -0.25) is 0 Å². The van der Waals surface area contributed by atoms with Crippen LogP contribution in [-0.2, 0) is 6.42 Å². The Morgan fingerprint density at radius 3 is 2.08 bits per heavy atom. The van der Waals surface area contributed by atoms with Crippen molar-refractivity contribution < 1.29 is 15.3 Å². The molecular weight excluding hydrogens is 170 g/mol. The lowest BCUT2D eigenvalue weighted by Gasteiger charge is -2.07. The van der Waals surface area contributed by atoms with E-state index in [-0.39, 0.29) is 17.5 Å². The van der Waals surface area contributed by atoms with E-state index in [2.05, 4.69) is 0 Å². The standard InChI is InChI=1S/C9H13NO3/c1-5(10)2-6-3-7(11)9(13)8(12)4-6/h3-5,11-13H,2,10H2,1H3. The maximum absolute atomic E-state index is 9.14. The molecule has 72 valence electrons. The van der Waals surface area contributed by atoms with Crippen LogP contribution in [0.1, 0.15) is 12.5 Å². The first-order valence-corrected chi connectivity index (χ1v) is 4.00. The summed E-state index contributed by atoms with van der Waals surface area (Å²) in [5, 5.41) is 27.3. The van der Waals surface area contributed by atoms with Crippen molar-refractivity contribution in [3.63, 3.8) is 0 Å². The van der Waals surface area contributed by atoms with Crippen LogP contribution in [0.2, 0.25) is 0 Å². The Hall–Kier alpha value is -1.42. The number of phenols is 3. The summed E-state index contributed by atoms with van der Waals surface area (Å²) in [4.78, 5) is 0. The summed E-state index contributed by atoms with van der Waals surface area (Å²) in [5.41, 5.74) is 6.23. The van der Waals surface area contributed by atoms with Crippen LogP contribution in [0.4, 0.5) is 0 Å². The smallest absolute Gasteiger partial charge is 0.200 e. The van der Waals surface area contributed by atoms with Gasteiger partial charge in [-0.15, -0.1) is 0 Å². The molecular formula is C9H13NO3. The molecule has 5 N–H and O–H groups in total. The predicted octanol–water partition coefficient (Wildman–Crippen LogP) is 0.693. The fourth-order valence-electron chi connectivity index (χ4n) is 1.15. The van der Waals surface area contributed by atoms with E-state index in [1.165, 1.54) is 12.1 Å². The molecule has 13 heavy (non-hydrogen) atoms. The molecule has 0 saturated carbocycles. The lowest BCUT2D eigenvalue weighted by Crippen LogP contribution is -2.17. The van der Waals surface area contributed by atoms with E-state index in [0.717, 1.165) is 0 Å². The number of hydrogen-bond acceptors (Lipinski definition) is 4. The maximum Gasteiger partial charge on any atom is 0.200 e. The summed E-state index contributed by atoms with van der Waals surface area (Å²) < 4.78 is 0. The highest BCUT2D eigenvalue weighted by atomic mass is 16.3. The minimum absolute atomic E-state index is 0.0525. The van der Waals surface area contributed by atoms with Gasteiger partial charge >= 0.3 is 0 Å². The van der Waals surface area contributed by atoms with Gasteiger partial charge in [-0.25, -0.2) is 0 Å². The summed E-state index contributed by atoms with van der Waals surface area (Å²) >= 11 is 0. The molecule has 0 amide bonds. The lowest BCUT2D eigenvalue weighted by atomic mass is 10.1. The zero-order chi connectivity index (χ0) is 10.0. The third-order valence-corrected chi connectivity index (χ3v) is 1.69. The van der Waals surface area contributed by atoms with Gasteiger partial charge in [0.15, 0.2) is 17.2 Å². The average Bonchev–Trinajstić information content (AvgIpc) is 1.98. The number of nitrogens with two attached hydrogens (primary N) is 1. The topological polar surface area (TPSA) is 86.7 Å². The average molecular weight is 183 g/mol. The van der Waals surface area contributed by atoms with E-state index in [1.54, 1.807) is 0 Å². The second-order valence-corrected chi connectivity index (χ2v) is 3.16. The van der Waals surface area contributed by atoms with Crippen LogP contribution >= 0.6 is 0 Å². The Morgan fingerprint density at radius 2 is 1.69 bits per heavy atom. The molecule has 1 aromatic carbocycles. The third-order valence-electron chi connectivity index (χ3n) is 1.69. The van der Waals surface area contributed by atoms with Gasteiger partial charge in [-0.1, -0.05) is 0 Å². The van der Waals surface area contributed by atoms with E-state index in [9.17, 15) is 0 Å². The highest BCUT2D eigenvalue weighted by molar-refractivity contribution is 5.51. The zero-order valence-electron chi connectivity index (χ0n) is 7.36. The molecule has 0 radical (unpaired) electrons. The molecule has 1 aromatic rings. The Labute approximate surface area is 76.2 Å². The SMILES string of the molecule is CC(N)Cc1cc(O)c(O)c(O)c1. The minimum atomic E-state index is -0.492. The van der Waals surface area contributed by atoms with E-state index < -0.39 is 5.75 Å². The van der Waals surface area contributed by atoms with Gasteiger partial charge in [-0.05, 0) is 31.0 Å². The normalized spacial score (nSPS) is 12.8. The van der Waals surface area contributed by atoms with Gasteiger partial charge in [0.25, 0.3) is 0 Å². The molecule has 1 unspecified atom stereocenters. The first-order valence-electron chi connectivity index (χ1n) is 4.00. The molecule has 1 rings (SSSR count). The maximum atomic E-state index is 9.14. The van der Waals surface area contributed by atoms with Crippen molar-refractivity contribution in [2.75, 3.05) is 0 Å². The fraction of sp³-hybridized carbons (Fsp3) is 0.333. The number of rotatable bonds is 2. The zero-order valence-corrected chi connectivity index (χ0v) is 7.36. The number of benzene rings is 1. The Kier molecular flexibility index (Phi) is 2.63. The van der Waals surface area contributed by atoms with Gasteiger partial charge in [0.2, 0.25) is 0 Å². The van der Waals surface area contributed by atoms with Crippen LogP contribution < -0.4 is 5.73 Å². The van der Waals surface area contributed by atoms with Gasteiger partial charge in [0, 0.05) is 6.04 Å². The number of phenolic OH excluding ortho intramolecular Hbond substituents is 3. The predicted molar refractivity (Wildman–Crippen MR) is 48.8 cm³/mol. The molecule has 0 aromatic heterocycles. The summed E-state index contributed by atoms with van der Waals surface area (Å²) in [7, 11) is 0. The van der Waals surface area contributed by atoms with Crippen molar-refractivity contribution in [2.24, 2.45) is 5.73 Å². The molecule has 0 saturated heterocycles. The molecule has 0 spiro atoms. The van der Waals surface area contributed by atoms with Crippen LogP contribution in [0, 0.1) is 0 Å². The molecule has 0 bridgehead atoms. The van der Waals surface area contributed by atoms with E-state index in [1.807, 2.05) is 6.92 Å².